The van der Waals surface area contributed by atoms with Crippen LogP contribution in [0.2, 0.25) is 0 Å². The molecule has 0 saturated carbocycles. The van der Waals surface area contributed by atoms with Gasteiger partial charge in [-0.05, 0) is 18.6 Å². The van der Waals surface area contributed by atoms with Crippen molar-refractivity contribution in [3.63, 3.8) is 0 Å². The van der Waals surface area contributed by atoms with Gasteiger partial charge in [-0.1, -0.05) is 5.16 Å². The Kier molecular flexibility index (Phi) is 5.45. The number of alkyl halides is 5. The van der Waals surface area contributed by atoms with Gasteiger partial charge < -0.3 is 19.8 Å². The molecule has 2 fully saturated rings. The molecule has 28 heavy (non-hydrogen) atoms. The Morgan fingerprint density at radius 1 is 1.36 bits per heavy atom. The van der Waals surface area contributed by atoms with E-state index in [-0.39, 0.29) is 5.82 Å². The summed E-state index contributed by atoms with van der Waals surface area (Å²) in [6.07, 6.45) is -5.10. The number of carboxylic acid groups (broad SMARTS) is 1. The highest BCUT2D eigenvalue weighted by Crippen LogP contribution is 2.29. The number of carboxylic acids is 1. The number of fused-ring (bicyclic) bond motifs is 2. The molecule has 2 bridgehead atoms. The van der Waals surface area contributed by atoms with Gasteiger partial charge in [-0.25, -0.2) is 9.78 Å². The number of nitrogens with one attached hydrogen (secondary N) is 1. The largest absolute Gasteiger partial charge is 0.490 e. The first kappa shape index (κ1) is 19.9. The highest BCUT2D eigenvalue weighted by atomic mass is 19.4. The Hall–Kier alpha value is -2.83. The van der Waals surface area contributed by atoms with Crippen molar-refractivity contribution in [2.45, 2.75) is 31.1 Å². The predicted molar refractivity (Wildman–Crippen MR) is 83.7 cm³/mol. The number of piperazine rings is 1. The van der Waals surface area contributed by atoms with E-state index in [2.05, 4.69) is 29.9 Å². The standard InChI is InChI=1S/C13H13F2N5O.C2HF3O2/c14-11(15)13-18-12(19-21-13)7-1-2-10(17-4-7)20-6-8-3-9(20)5-16-8;3-2(4,5)1(6)7/h1-2,4,8-9,11,16H,3,5-6H2;(H,6,7). The molecule has 0 amide bonds. The van der Waals surface area contributed by atoms with Crippen molar-refractivity contribution in [1.82, 2.24) is 20.4 Å². The van der Waals surface area contributed by atoms with Crippen LogP contribution in [0.1, 0.15) is 18.7 Å². The summed E-state index contributed by atoms with van der Waals surface area (Å²) in [4.78, 5) is 19.2. The van der Waals surface area contributed by atoms with Crippen molar-refractivity contribution < 1.29 is 36.4 Å². The van der Waals surface area contributed by atoms with Crippen molar-refractivity contribution in [3.8, 4) is 11.4 Å². The molecule has 2 atom stereocenters. The number of aliphatic carboxylic acids is 1. The van der Waals surface area contributed by atoms with E-state index in [1.165, 1.54) is 0 Å². The average Bonchev–Trinajstić information content (AvgIpc) is 3.38. The molecule has 13 heteroatoms. The molecule has 0 aromatic carbocycles. The van der Waals surface area contributed by atoms with Gasteiger partial charge >= 0.3 is 18.6 Å². The average molecular weight is 407 g/mol. The molecule has 152 valence electrons. The van der Waals surface area contributed by atoms with Gasteiger partial charge in [-0.15, -0.1) is 0 Å². The second-order valence-electron chi connectivity index (χ2n) is 6.11. The first-order valence-corrected chi connectivity index (χ1v) is 8.03. The predicted octanol–water partition coefficient (Wildman–Crippen LogP) is 2.25. The first-order chi connectivity index (χ1) is 13.1. The van der Waals surface area contributed by atoms with Gasteiger partial charge in [0.1, 0.15) is 5.82 Å². The number of anilines is 1. The normalized spacial score (nSPS) is 21.0. The van der Waals surface area contributed by atoms with Crippen LogP contribution >= 0.6 is 0 Å². The number of carbonyl (C=O) groups is 1. The van der Waals surface area contributed by atoms with E-state index in [0.717, 1.165) is 25.3 Å². The second-order valence-corrected chi connectivity index (χ2v) is 6.11. The van der Waals surface area contributed by atoms with Crippen molar-refractivity contribution in [2.24, 2.45) is 0 Å². The van der Waals surface area contributed by atoms with Gasteiger partial charge in [0.05, 0.1) is 0 Å². The van der Waals surface area contributed by atoms with Gasteiger partial charge in [0.15, 0.2) is 0 Å². The van der Waals surface area contributed by atoms with Crippen LogP contribution in [0.25, 0.3) is 11.4 Å². The van der Waals surface area contributed by atoms with Crippen LogP contribution in [0.3, 0.4) is 0 Å². The van der Waals surface area contributed by atoms with Crippen LogP contribution in [0.5, 0.6) is 0 Å². The number of rotatable bonds is 3. The van der Waals surface area contributed by atoms with Crippen molar-refractivity contribution in [2.75, 3.05) is 18.0 Å². The molecule has 0 spiro atoms. The maximum absolute atomic E-state index is 12.4. The third kappa shape index (κ3) is 4.35. The van der Waals surface area contributed by atoms with Crippen LogP contribution in [-0.2, 0) is 4.79 Å². The fourth-order valence-corrected chi connectivity index (χ4v) is 2.97. The molecule has 2 aliphatic rings. The van der Waals surface area contributed by atoms with E-state index >= 15 is 0 Å². The van der Waals surface area contributed by atoms with E-state index in [1.807, 2.05) is 6.07 Å². The molecule has 0 radical (unpaired) electrons. The molecule has 4 heterocycles. The lowest BCUT2D eigenvalue weighted by Gasteiger charge is -2.28. The van der Waals surface area contributed by atoms with E-state index in [0.29, 0.717) is 17.6 Å². The summed E-state index contributed by atoms with van der Waals surface area (Å²) in [5, 5.41) is 14.1. The fraction of sp³-hybridized carbons (Fsp3) is 0.467. The third-order valence-corrected chi connectivity index (χ3v) is 4.23. The van der Waals surface area contributed by atoms with Crippen LogP contribution in [0, 0.1) is 0 Å². The Morgan fingerprint density at radius 2 is 2.07 bits per heavy atom. The molecule has 2 aromatic heterocycles. The molecule has 2 unspecified atom stereocenters. The summed E-state index contributed by atoms with van der Waals surface area (Å²) in [7, 11) is 0. The van der Waals surface area contributed by atoms with Crippen molar-refractivity contribution in [3.05, 3.63) is 24.2 Å². The van der Waals surface area contributed by atoms with Gasteiger partial charge in [0.25, 0.3) is 5.89 Å². The lowest BCUT2D eigenvalue weighted by atomic mass is 10.2. The van der Waals surface area contributed by atoms with Crippen molar-refractivity contribution >= 4 is 11.8 Å². The second kappa shape index (κ2) is 7.66. The Morgan fingerprint density at radius 3 is 2.50 bits per heavy atom. The van der Waals surface area contributed by atoms with Crippen LogP contribution in [0.15, 0.2) is 22.9 Å². The molecule has 2 N–H and O–H groups in total. The quantitative estimate of drug-likeness (QED) is 0.747. The number of nitrogens with zero attached hydrogens (tertiary/aromatic N) is 4. The van der Waals surface area contributed by atoms with Gasteiger partial charge in [-0.3, -0.25) is 0 Å². The first-order valence-electron chi connectivity index (χ1n) is 8.03. The molecule has 2 aromatic rings. The zero-order valence-corrected chi connectivity index (χ0v) is 14.0. The third-order valence-electron chi connectivity index (χ3n) is 4.23. The van der Waals surface area contributed by atoms with Gasteiger partial charge in [-0.2, -0.15) is 26.9 Å². The van der Waals surface area contributed by atoms with Crippen LogP contribution in [0.4, 0.5) is 27.8 Å². The number of aromatic nitrogens is 3. The summed E-state index contributed by atoms with van der Waals surface area (Å²) in [5.41, 5.74) is 0.567. The van der Waals surface area contributed by atoms with E-state index in [4.69, 9.17) is 9.90 Å². The van der Waals surface area contributed by atoms with E-state index < -0.39 is 24.5 Å². The zero-order valence-electron chi connectivity index (χ0n) is 14.0. The minimum absolute atomic E-state index is 0.133. The molecule has 0 aliphatic carbocycles. The molecule has 4 rings (SSSR count). The number of halogens is 5. The summed E-state index contributed by atoms with van der Waals surface area (Å²) in [6, 6.07) is 4.68. The van der Waals surface area contributed by atoms with Gasteiger partial charge in [0.2, 0.25) is 5.82 Å². The lowest BCUT2D eigenvalue weighted by molar-refractivity contribution is -0.192. The Labute approximate surface area is 154 Å². The van der Waals surface area contributed by atoms with Gasteiger partial charge in [0, 0.05) is 36.9 Å². The van der Waals surface area contributed by atoms with E-state index in [1.54, 1.807) is 12.3 Å². The molecule has 8 nitrogen and oxygen atoms in total. The monoisotopic (exact) mass is 407 g/mol. The van der Waals surface area contributed by atoms with Crippen LogP contribution < -0.4 is 10.2 Å². The Balaban J connectivity index is 0.000000279. The topological polar surface area (TPSA) is 104 Å². The summed E-state index contributed by atoms with van der Waals surface area (Å²) < 4.78 is 61.1. The highest BCUT2D eigenvalue weighted by molar-refractivity contribution is 5.73. The van der Waals surface area contributed by atoms with Crippen LogP contribution in [-0.4, -0.2) is 57.5 Å². The molecular weight excluding hydrogens is 393 g/mol. The summed E-state index contributed by atoms with van der Waals surface area (Å²) in [5.74, 6) is -2.40. The number of hydrogen-bond acceptors (Lipinski definition) is 7. The lowest BCUT2D eigenvalue weighted by Crippen LogP contribution is -2.43. The maximum atomic E-state index is 12.4. The minimum Gasteiger partial charge on any atom is -0.475 e. The SMILES string of the molecule is FC(F)c1nc(-c2ccc(N3CC4CC3CN4)nc2)no1.O=C(O)C(F)(F)F. The molecular formula is C15H14F5N5O3. The maximum Gasteiger partial charge on any atom is 0.490 e. The number of pyridine rings is 1. The summed E-state index contributed by atoms with van der Waals surface area (Å²) >= 11 is 0. The smallest absolute Gasteiger partial charge is 0.475 e. The van der Waals surface area contributed by atoms with E-state index in [9.17, 15) is 22.0 Å². The highest BCUT2D eigenvalue weighted by Gasteiger charge is 2.38. The summed E-state index contributed by atoms with van der Waals surface area (Å²) in [6.45, 7) is 1.94. The number of hydrogen-bond donors (Lipinski definition) is 2. The molecule has 2 aliphatic heterocycles. The van der Waals surface area contributed by atoms with Crippen molar-refractivity contribution in [1.29, 1.82) is 0 Å². The zero-order chi connectivity index (χ0) is 20.5. The fourth-order valence-electron chi connectivity index (χ4n) is 2.97. The molecule has 2 saturated heterocycles. The Bertz CT molecular complexity index is 826. The minimum atomic E-state index is -5.08.